The lowest BCUT2D eigenvalue weighted by atomic mass is 10.2. The number of hydrogen-bond acceptors (Lipinski definition) is 2. The van der Waals surface area contributed by atoms with E-state index in [9.17, 15) is 13.6 Å². The molecule has 1 aromatic heterocycles. The number of carbonyl (C=O) groups is 1. The molecule has 1 atom stereocenters. The van der Waals surface area contributed by atoms with Crippen LogP contribution in [0, 0.1) is 11.8 Å². The molecule has 16 heavy (non-hydrogen) atoms. The second-order valence-electron chi connectivity index (χ2n) is 3.95. The first-order valence-corrected chi connectivity index (χ1v) is 5.22. The Hall–Kier alpha value is -1.52. The second kappa shape index (κ2) is 4.15. The fourth-order valence-corrected chi connectivity index (χ4v) is 1.97. The minimum absolute atomic E-state index is 0.0862. The van der Waals surface area contributed by atoms with Gasteiger partial charge in [0.05, 0.1) is 5.56 Å². The van der Waals surface area contributed by atoms with E-state index in [2.05, 4.69) is 4.98 Å². The van der Waals surface area contributed by atoms with E-state index in [4.69, 9.17) is 0 Å². The number of aromatic nitrogens is 1. The van der Waals surface area contributed by atoms with Gasteiger partial charge in [-0.2, -0.15) is 4.39 Å². The molecule has 86 valence electrons. The summed E-state index contributed by atoms with van der Waals surface area (Å²) >= 11 is 0. The molecular weight excluding hydrogens is 214 g/mol. The topological polar surface area (TPSA) is 33.2 Å². The molecule has 0 spiro atoms. The third kappa shape index (κ3) is 1.77. The summed E-state index contributed by atoms with van der Waals surface area (Å²) in [5.74, 6) is -2.84. The normalized spacial score (nSPS) is 20.2. The fourth-order valence-electron chi connectivity index (χ4n) is 1.97. The molecular formula is C11H12F2N2O. The highest BCUT2D eigenvalue weighted by molar-refractivity contribution is 5.94. The molecule has 1 amide bonds. The molecule has 1 saturated heterocycles. The SMILES string of the molecule is CC1CCCN1C(=O)c1ccnc(F)c1F. The van der Waals surface area contributed by atoms with Crippen LogP contribution in [-0.2, 0) is 0 Å². The van der Waals surface area contributed by atoms with Crippen molar-refractivity contribution in [1.82, 2.24) is 9.88 Å². The van der Waals surface area contributed by atoms with Crippen molar-refractivity contribution >= 4 is 5.91 Å². The van der Waals surface area contributed by atoms with Gasteiger partial charge in [0, 0.05) is 18.8 Å². The summed E-state index contributed by atoms with van der Waals surface area (Å²) in [6.07, 6.45) is 2.91. The van der Waals surface area contributed by atoms with Crippen LogP contribution < -0.4 is 0 Å². The minimum atomic E-state index is -1.22. The summed E-state index contributed by atoms with van der Waals surface area (Å²) < 4.78 is 26.2. The summed E-state index contributed by atoms with van der Waals surface area (Å²) in [6, 6.07) is 1.30. The lowest BCUT2D eigenvalue weighted by molar-refractivity contribution is 0.0741. The second-order valence-corrected chi connectivity index (χ2v) is 3.95. The maximum atomic E-state index is 13.3. The van der Waals surface area contributed by atoms with Gasteiger partial charge < -0.3 is 4.90 Å². The zero-order chi connectivity index (χ0) is 11.7. The third-order valence-corrected chi connectivity index (χ3v) is 2.89. The maximum Gasteiger partial charge on any atom is 0.257 e. The molecule has 0 saturated carbocycles. The smallest absolute Gasteiger partial charge is 0.257 e. The van der Waals surface area contributed by atoms with Gasteiger partial charge in [-0.1, -0.05) is 0 Å². The van der Waals surface area contributed by atoms with Gasteiger partial charge in [0.1, 0.15) is 0 Å². The van der Waals surface area contributed by atoms with E-state index in [1.807, 2.05) is 6.92 Å². The Balaban J connectivity index is 2.30. The number of nitrogens with zero attached hydrogens (tertiary/aromatic N) is 2. The quantitative estimate of drug-likeness (QED) is 0.686. The van der Waals surface area contributed by atoms with Gasteiger partial charge in [-0.15, -0.1) is 0 Å². The van der Waals surface area contributed by atoms with E-state index >= 15 is 0 Å². The number of pyridine rings is 1. The highest BCUT2D eigenvalue weighted by Crippen LogP contribution is 2.20. The van der Waals surface area contributed by atoms with Gasteiger partial charge in [-0.3, -0.25) is 4.79 Å². The van der Waals surface area contributed by atoms with Gasteiger partial charge in [0.2, 0.25) is 5.95 Å². The molecule has 5 heteroatoms. The van der Waals surface area contributed by atoms with Crippen LogP contribution in [0.2, 0.25) is 0 Å². The van der Waals surface area contributed by atoms with Crippen LogP contribution in [0.1, 0.15) is 30.1 Å². The molecule has 2 heterocycles. The van der Waals surface area contributed by atoms with Crippen molar-refractivity contribution in [3.63, 3.8) is 0 Å². The van der Waals surface area contributed by atoms with Crippen LogP contribution in [-0.4, -0.2) is 28.4 Å². The Morgan fingerprint density at radius 2 is 2.31 bits per heavy atom. The van der Waals surface area contributed by atoms with E-state index < -0.39 is 17.7 Å². The molecule has 1 aliphatic rings. The summed E-state index contributed by atoms with van der Waals surface area (Å²) in [6.45, 7) is 2.50. The van der Waals surface area contributed by atoms with Crippen molar-refractivity contribution < 1.29 is 13.6 Å². The monoisotopic (exact) mass is 226 g/mol. The van der Waals surface area contributed by atoms with Gasteiger partial charge in [0.15, 0.2) is 5.82 Å². The van der Waals surface area contributed by atoms with E-state index in [0.29, 0.717) is 6.54 Å². The van der Waals surface area contributed by atoms with Crippen molar-refractivity contribution in [1.29, 1.82) is 0 Å². The highest BCUT2D eigenvalue weighted by Gasteiger charge is 2.28. The number of amides is 1. The largest absolute Gasteiger partial charge is 0.336 e. The number of carbonyl (C=O) groups excluding carboxylic acids is 1. The predicted molar refractivity (Wildman–Crippen MR) is 53.9 cm³/mol. The Labute approximate surface area is 92.1 Å². The summed E-state index contributed by atoms with van der Waals surface area (Å²) in [5.41, 5.74) is -0.235. The maximum absolute atomic E-state index is 13.3. The van der Waals surface area contributed by atoms with Gasteiger partial charge >= 0.3 is 0 Å². The molecule has 2 rings (SSSR count). The first kappa shape index (κ1) is 11.0. The number of likely N-dealkylation sites (tertiary alicyclic amines) is 1. The molecule has 1 aliphatic heterocycles. The highest BCUT2D eigenvalue weighted by atomic mass is 19.2. The van der Waals surface area contributed by atoms with Crippen LogP contribution in [0.25, 0.3) is 0 Å². The van der Waals surface area contributed by atoms with Crippen molar-refractivity contribution in [3.05, 3.63) is 29.6 Å². The van der Waals surface area contributed by atoms with Crippen molar-refractivity contribution in [2.24, 2.45) is 0 Å². The average Bonchev–Trinajstić information content (AvgIpc) is 2.68. The standard InChI is InChI=1S/C11H12F2N2O/c1-7-3-2-6-15(7)11(16)8-4-5-14-10(13)9(8)12/h4-5,7H,2-3,6H2,1H3. The molecule has 3 nitrogen and oxygen atoms in total. The lowest BCUT2D eigenvalue weighted by Gasteiger charge is -2.21. The fraction of sp³-hybridized carbons (Fsp3) is 0.455. The van der Waals surface area contributed by atoms with Crippen LogP contribution in [0.15, 0.2) is 12.3 Å². The van der Waals surface area contributed by atoms with Gasteiger partial charge in [0.25, 0.3) is 5.91 Å². The molecule has 1 unspecified atom stereocenters. The molecule has 1 fully saturated rings. The Kier molecular flexibility index (Phi) is 2.85. The van der Waals surface area contributed by atoms with Crippen molar-refractivity contribution in [2.45, 2.75) is 25.8 Å². The van der Waals surface area contributed by atoms with Crippen LogP contribution in [0.3, 0.4) is 0 Å². The van der Waals surface area contributed by atoms with Crippen molar-refractivity contribution in [3.8, 4) is 0 Å². The average molecular weight is 226 g/mol. The van der Waals surface area contributed by atoms with Crippen LogP contribution in [0.5, 0.6) is 0 Å². The molecule has 0 aromatic carbocycles. The first-order valence-electron chi connectivity index (χ1n) is 5.22. The summed E-state index contributed by atoms with van der Waals surface area (Å²) in [4.78, 5) is 16.6. The Morgan fingerprint density at radius 3 is 2.94 bits per heavy atom. The minimum Gasteiger partial charge on any atom is -0.336 e. The first-order chi connectivity index (χ1) is 7.61. The molecule has 0 N–H and O–H groups in total. The Bertz CT molecular complexity index is 422. The Morgan fingerprint density at radius 1 is 1.56 bits per heavy atom. The third-order valence-electron chi connectivity index (χ3n) is 2.89. The van der Waals surface area contributed by atoms with E-state index in [0.717, 1.165) is 19.0 Å². The molecule has 1 aromatic rings. The van der Waals surface area contributed by atoms with Gasteiger partial charge in [-0.25, -0.2) is 9.37 Å². The van der Waals surface area contributed by atoms with E-state index in [-0.39, 0.29) is 11.6 Å². The van der Waals surface area contributed by atoms with Crippen LogP contribution >= 0.6 is 0 Å². The molecule has 0 aliphatic carbocycles. The molecule has 0 bridgehead atoms. The zero-order valence-corrected chi connectivity index (χ0v) is 8.91. The van der Waals surface area contributed by atoms with Gasteiger partial charge in [-0.05, 0) is 25.8 Å². The zero-order valence-electron chi connectivity index (χ0n) is 8.91. The number of hydrogen-bond donors (Lipinski definition) is 0. The summed E-state index contributed by atoms with van der Waals surface area (Å²) in [7, 11) is 0. The molecule has 0 radical (unpaired) electrons. The van der Waals surface area contributed by atoms with Crippen LogP contribution in [0.4, 0.5) is 8.78 Å². The van der Waals surface area contributed by atoms with E-state index in [1.165, 1.54) is 6.07 Å². The predicted octanol–water partition coefficient (Wildman–Crippen LogP) is 1.98. The number of halogens is 2. The number of rotatable bonds is 1. The van der Waals surface area contributed by atoms with Crippen molar-refractivity contribution in [2.75, 3.05) is 6.54 Å². The summed E-state index contributed by atoms with van der Waals surface area (Å²) in [5, 5.41) is 0. The van der Waals surface area contributed by atoms with E-state index in [1.54, 1.807) is 4.90 Å². The lowest BCUT2D eigenvalue weighted by Crippen LogP contribution is -2.34.